The fraction of sp³-hybridized carbons (Fsp3) is 0.269. The average molecular weight is 512 g/mol. The molecule has 3 aromatic rings. The number of carbonyl (C=O) groups is 1. The van der Waals surface area contributed by atoms with Gasteiger partial charge in [-0.15, -0.1) is 11.8 Å². The number of nitrogens with zero attached hydrogens (tertiary/aromatic N) is 2. The number of para-hydroxylation sites is 2. The Morgan fingerprint density at radius 2 is 1.60 bits per heavy atom. The number of hydrogen-bond donors (Lipinski definition) is 1. The SMILES string of the molecule is COc1ccccc1N1CCN(S(=O)(=O)c2ccc(NC(=O)CSc3ccc(C)cc3)cc2)CC1. The molecule has 0 aromatic heterocycles. The molecule has 35 heavy (non-hydrogen) atoms. The molecule has 0 bridgehead atoms. The molecule has 0 atom stereocenters. The van der Waals surface area contributed by atoms with Crippen molar-refractivity contribution in [3.05, 3.63) is 78.4 Å². The molecule has 1 aliphatic rings. The summed E-state index contributed by atoms with van der Waals surface area (Å²) < 4.78 is 33.3. The highest BCUT2D eigenvalue weighted by molar-refractivity contribution is 8.00. The van der Waals surface area contributed by atoms with E-state index in [2.05, 4.69) is 10.2 Å². The summed E-state index contributed by atoms with van der Waals surface area (Å²) in [4.78, 5) is 15.7. The number of carbonyl (C=O) groups excluding carboxylic acids is 1. The lowest BCUT2D eigenvalue weighted by Crippen LogP contribution is -2.48. The minimum absolute atomic E-state index is 0.140. The number of benzene rings is 3. The summed E-state index contributed by atoms with van der Waals surface area (Å²) in [6, 6.07) is 22.1. The van der Waals surface area contributed by atoms with Crippen molar-refractivity contribution in [1.82, 2.24) is 4.31 Å². The van der Waals surface area contributed by atoms with Crippen LogP contribution in [0.3, 0.4) is 0 Å². The monoisotopic (exact) mass is 511 g/mol. The number of rotatable bonds is 8. The summed E-state index contributed by atoms with van der Waals surface area (Å²) in [5, 5.41) is 2.83. The highest BCUT2D eigenvalue weighted by Gasteiger charge is 2.29. The standard InChI is InChI=1S/C26H29N3O4S2/c1-20-7-11-22(12-8-20)34-19-26(30)27-21-9-13-23(14-10-21)35(31,32)29-17-15-28(16-18-29)24-5-3-4-6-25(24)33-2/h3-14H,15-19H2,1-2H3,(H,27,30). The van der Waals surface area contributed by atoms with Gasteiger partial charge < -0.3 is 15.0 Å². The largest absolute Gasteiger partial charge is 0.495 e. The van der Waals surface area contributed by atoms with E-state index in [1.807, 2.05) is 55.5 Å². The van der Waals surface area contributed by atoms with Gasteiger partial charge in [-0.25, -0.2) is 8.42 Å². The summed E-state index contributed by atoms with van der Waals surface area (Å²) in [7, 11) is -1.99. The lowest BCUT2D eigenvalue weighted by atomic mass is 10.2. The third-order valence-electron chi connectivity index (χ3n) is 5.83. The highest BCUT2D eigenvalue weighted by Crippen LogP contribution is 2.29. The van der Waals surface area contributed by atoms with Crippen molar-refractivity contribution in [2.45, 2.75) is 16.7 Å². The van der Waals surface area contributed by atoms with Gasteiger partial charge in [0, 0.05) is 36.8 Å². The van der Waals surface area contributed by atoms with Crippen molar-refractivity contribution < 1.29 is 17.9 Å². The molecule has 1 N–H and O–H groups in total. The number of ether oxygens (including phenoxy) is 1. The van der Waals surface area contributed by atoms with E-state index in [0.29, 0.717) is 31.9 Å². The van der Waals surface area contributed by atoms with E-state index in [1.54, 1.807) is 31.4 Å². The Bertz CT molecular complexity index is 1250. The molecule has 1 aliphatic heterocycles. The van der Waals surface area contributed by atoms with Crippen LogP contribution in [-0.2, 0) is 14.8 Å². The van der Waals surface area contributed by atoms with Gasteiger partial charge in [-0.05, 0) is 55.5 Å². The molecule has 184 valence electrons. The molecule has 3 aromatic carbocycles. The van der Waals surface area contributed by atoms with Crippen molar-refractivity contribution >= 4 is 39.1 Å². The van der Waals surface area contributed by atoms with Gasteiger partial charge in [-0.3, -0.25) is 4.79 Å². The second-order valence-corrected chi connectivity index (χ2v) is 11.2. The molecule has 0 unspecified atom stereocenters. The minimum Gasteiger partial charge on any atom is -0.495 e. The first-order valence-corrected chi connectivity index (χ1v) is 13.8. The molecule has 1 heterocycles. The first-order valence-electron chi connectivity index (χ1n) is 11.3. The number of methoxy groups -OCH3 is 1. The summed E-state index contributed by atoms with van der Waals surface area (Å²) in [6.45, 7) is 3.94. The minimum atomic E-state index is -3.62. The molecular formula is C26H29N3O4S2. The number of piperazine rings is 1. The maximum Gasteiger partial charge on any atom is 0.243 e. The number of aryl methyl sites for hydroxylation is 1. The lowest BCUT2D eigenvalue weighted by molar-refractivity contribution is -0.113. The molecule has 1 saturated heterocycles. The van der Waals surface area contributed by atoms with Gasteiger partial charge >= 0.3 is 0 Å². The van der Waals surface area contributed by atoms with E-state index in [-0.39, 0.29) is 16.6 Å². The van der Waals surface area contributed by atoms with Crippen LogP contribution in [0.5, 0.6) is 5.75 Å². The lowest BCUT2D eigenvalue weighted by Gasteiger charge is -2.35. The van der Waals surface area contributed by atoms with E-state index in [4.69, 9.17) is 4.74 Å². The molecule has 9 heteroatoms. The first-order chi connectivity index (χ1) is 16.9. The second-order valence-electron chi connectivity index (χ2n) is 8.24. The van der Waals surface area contributed by atoms with Crippen LogP contribution in [0.15, 0.2) is 82.6 Å². The Hall–Kier alpha value is -3.01. The average Bonchev–Trinajstić information content (AvgIpc) is 2.89. The fourth-order valence-electron chi connectivity index (χ4n) is 3.90. The van der Waals surface area contributed by atoms with Gasteiger partial charge in [0.15, 0.2) is 0 Å². The second kappa shape index (κ2) is 11.2. The van der Waals surface area contributed by atoms with E-state index < -0.39 is 10.0 Å². The summed E-state index contributed by atoms with van der Waals surface area (Å²) >= 11 is 1.46. The molecule has 7 nitrogen and oxygen atoms in total. The van der Waals surface area contributed by atoms with Crippen LogP contribution in [0.4, 0.5) is 11.4 Å². The van der Waals surface area contributed by atoms with Crippen LogP contribution >= 0.6 is 11.8 Å². The third-order valence-corrected chi connectivity index (χ3v) is 8.76. The fourth-order valence-corrected chi connectivity index (χ4v) is 6.02. The normalized spacial score (nSPS) is 14.5. The van der Waals surface area contributed by atoms with Gasteiger partial charge in [0.05, 0.1) is 23.4 Å². The summed E-state index contributed by atoms with van der Waals surface area (Å²) in [5.74, 6) is 0.914. The predicted molar refractivity (Wildman–Crippen MR) is 141 cm³/mol. The molecule has 0 aliphatic carbocycles. The Balaban J connectivity index is 1.32. The number of thioether (sulfide) groups is 1. The van der Waals surface area contributed by atoms with E-state index in [1.165, 1.54) is 21.6 Å². The van der Waals surface area contributed by atoms with E-state index in [0.717, 1.165) is 16.3 Å². The highest BCUT2D eigenvalue weighted by atomic mass is 32.2. The molecular weight excluding hydrogens is 482 g/mol. The zero-order chi connectivity index (χ0) is 24.8. The number of nitrogens with one attached hydrogen (secondary N) is 1. The Morgan fingerprint density at radius 3 is 2.26 bits per heavy atom. The van der Waals surface area contributed by atoms with E-state index >= 15 is 0 Å². The van der Waals surface area contributed by atoms with Crippen LogP contribution in [0.25, 0.3) is 0 Å². The van der Waals surface area contributed by atoms with Crippen LogP contribution in [0, 0.1) is 6.92 Å². The Morgan fingerprint density at radius 1 is 0.943 bits per heavy atom. The van der Waals surface area contributed by atoms with Gasteiger partial charge in [0.1, 0.15) is 5.75 Å². The van der Waals surface area contributed by atoms with Gasteiger partial charge in [-0.2, -0.15) is 4.31 Å². The zero-order valence-electron chi connectivity index (χ0n) is 19.8. The zero-order valence-corrected chi connectivity index (χ0v) is 21.4. The Labute approximate surface area is 211 Å². The maximum atomic E-state index is 13.2. The van der Waals surface area contributed by atoms with Gasteiger partial charge in [0.2, 0.25) is 15.9 Å². The summed E-state index contributed by atoms with van der Waals surface area (Å²) in [5.41, 5.74) is 2.71. The van der Waals surface area contributed by atoms with Crippen LogP contribution < -0.4 is 15.0 Å². The molecule has 0 spiro atoms. The topological polar surface area (TPSA) is 79.0 Å². The van der Waals surface area contributed by atoms with Crippen molar-refractivity contribution in [1.29, 1.82) is 0 Å². The van der Waals surface area contributed by atoms with E-state index in [9.17, 15) is 13.2 Å². The van der Waals surface area contributed by atoms with Gasteiger partial charge in [-0.1, -0.05) is 29.8 Å². The first kappa shape index (κ1) is 25.1. The number of anilines is 2. The molecule has 1 amide bonds. The van der Waals surface area contributed by atoms with Crippen LogP contribution in [-0.4, -0.2) is 57.7 Å². The van der Waals surface area contributed by atoms with Crippen molar-refractivity contribution in [2.75, 3.05) is 49.3 Å². The molecule has 0 saturated carbocycles. The smallest absolute Gasteiger partial charge is 0.243 e. The number of hydrogen-bond acceptors (Lipinski definition) is 6. The van der Waals surface area contributed by atoms with Gasteiger partial charge in [0.25, 0.3) is 0 Å². The summed E-state index contributed by atoms with van der Waals surface area (Å²) in [6.07, 6.45) is 0. The molecule has 0 radical (unpaired) electrons. The van der Waals surface area contributed by atoms with Crippen molar-refractivity contribution in [2.24, 2.45) is 0 Å². The molecule has 1 fully saturated rings. The number of amides is 1. The van der Waals surface area contributed by atoms with Crippen molar-refractivity contribution in [3.8, 4) is 5.75 Å². The van der Waals surface area contributed by atoms with Crippen LogP contribution in [0.1, 0.15) is 5.56 Å². The predicted octanol–water partition coefficient (Wildman–Crippen LogP) is 4.25. The third kappa shape index (κ3) is 6.17. The quantitative estimate of drug-likeness (QED) is 0.456. The van der Waals surface area contributed by atoms with Crippen molar-refractivity contribution in [3.63, 3.8) is 0 Å². The Kier molecular flexibility index (Phi) is 8.00. The molecule has 4 rings (SSSR count). The van der Waals surface area contributed by atoms with Crippen LogP contribution in [0.2, 0.25) is 0 Å². The maximum absolute atomic E-state index is 13.2. The number of sulfonamides is 1.